The highest BCUT2D eigenvalue weighted by Crippen LogP contribution is 2.21. The summed E-state index contributed by atoms with van der Waals surface area (Å²) in [6.45, 7) is 6.63. The first kappa shape index (κ1) is 18.9. The number of nitrogens with one attached hydrogen (secondary N) is 2. The van der Waals surface area contributed by atoms with Gasteiger partial charge in [-0.1, -0.05) is 30.3 Å². The zero-order chi connectivity index (χ0) is 19.2. The van der Waals surface area contributed by atoms with Crippen molar-refractivity contribution in [2.45, 2.75) is 18.9 Å². The number of hydrogen-bond acceptors (Lipinski definition) is 5. The maximum absolute atomic E-state index is 12.3. The van der Waals surface area contributed by atoms with Crippen LogP contribution in [0.5, 0.6) is 0 Å². The van der Waals surface area contributed by atoms with Crippen LogP contribution in [0.1, 0.15) is 34.8 Å². The largest absolute Gasteiger partial charge is 0.353 e. The Bertz CT molecular complexity index is 758. The van der Waals surface area contributed by atoms with E-state index in [0.717, 1.165) is 45.1 Å². The maximum Gasteiger partial charge on any atom is 0.252 e. The monoisotopic (exact) mass is 379 g/mol. The van der Waals surface area contributed by atoms with Crippen molar-refractivity contribution in [3.8, 4) is 0 Å². The fourth-order valence-corrected chi connectivity index (χ4v) is 4.01. The van der Waals surface area contributed by atoms with E-state index in [-0.39, 0.29) is 5.91 Å². The van der Waals surface area contributed by atoms with Crippen LogP contribution in [0, 0.1) is 0 Å². The summed E-state index contributed by atoms with van der Waals surface area (Å²) in [5, 5.41) is 6.58. The Labute approximate surface area is 166 Å². The Morgan fingerprint density at radius 3 is 2.68 bits per heavy atom. The zero-order valence-corrected chi connectivity index (χ0v) is 16.3. The van der Waals surface area contributed by atoms with E-state index in [4.69, 9.17) is 0 Å². The van der Waals surface area contributed by atoms with Crippen LogP contribution in [-0.4, -0.2) is 61.6 Å². The number of pyridine rings is 1. The van der Waals surface area contributed by atoms with Crippen LogP contribution in [0.25, 0.3) is 0 Å². The van der Waals surface area contributed by atoms with Crippen molar-refractivity contribution in [3.05, 3.63) is 59.8 Å². The van der Waals surface area contributed by atoms with E-state index in [1.807, 2.05) is 18.2 Å². The molecule has 148 valence electrons. The summed E-state index contributed by atoms with van der Waals surface area (Å²) in [4.78, 5) is 21.6. The minimum absolute atomic E-state index is 0.0410. The lowest BCUT2D eigenvalue weighted by molar-refractivity contribution is 0.0949. The SMILES string of the molecule is O=C(NCCN1CCCC1)c1ccc(N2CCNC(c3ccccc3)C2)nc1. The molecule has 2 saturated heterocycles. The minimum Gasteiger partial charge on any atom is -0.353 e. The normalized spacial score (nSPS) is 20.3. The van der Waals surface area contributed by atoms with Crippen molar-refractivity contribution in [2.24, 2.45) is 0 Å². The number of amides is 1. The molecule has 4 rings (SSSR count). The van der Waals surface area contributed by atoms with Crippen molar-refractivity contribution >= 4 is 11.7 Å². The fraction of sp³-hybridized carbons (Fsp3) is 0.455. The average molecular weight is 380 g/mol. The van der Waals surface area contributed by atoms with Crippen molar-refractivity contribution < 1.29 is 4.79 Å². The van der Waals surface area contributed by atoms with Crippen LogP contribution >= 0.6 is 0 Å². The molecule has 1 atom stereocenters. The highest BCUT2D eigenvalue weighted by atomic mass is 16.1. The molecule has 3 heterocycles. The van der Waals surface area contributed by atoms with Gasteiger partial charge < -0.3 is 20.4 Å². The molecule has 0 radical (unpaired) electrons. The second-order valence-corrected chi connectivity index (χ2v) is 7.57. The molecule has 2 fully saturated rings. The Morgan fingerprint density at radius 2 is 1.93 bits per heavy atom. The molecule has 2 aromatic rings. The number of rotatable bonds is 6. The quantitative estimate of drug-likeness (QED) is 0.805. The summed E-state index contributed by atoms with van der Waals surface area (Å²) in [7, 11) is 0. The van der Waals surface area contributed by atoms with Gasteiger partial charge in [0, 0.05) is 45.0 Å². The topological polar surface area (TPSA) is 60.5 Å². The van der Waals surface area contributed by atoms with Crippen LogP contribution < -0.4 is 15.5 Å². The van der Waals surface area contributed by atoms with E-state index >= 15 is 0 Å². The van der Waals surface area contributed by atoms with Crippen molar-refractivity contribution in [1.29, 1.82) is 0 Å². The summed E-state index contributed by atoms with van der Waals surface area (Å²) < 4.78 is 0. The Balaban J connectivity index is 1.31. The molecule has 2 aliphatic heterocycles. The van der Waals surface area contributed by atoms with Gasteiger partial charge in [-0.25, -0.2) is 4.98 Å². The minimum atomic E-state index is -0.0410. The maximum atomic E-state index is 12.3. The number of likely N-dealkylation sites (tertiary alicyclic amines) is 1. The lowest BCUT2D eigenvalue weighted by Crippen LogP contribution is -2.46. The number of hydrogen-bond donors (Lipinski definition) is 2. The average Bonchev–Trinajstić information content (AvgIpc) is 3.28. The van der Waals surface area contributed by atoms with Crippen molar-refractivity contribution in [3.63, 3.8) is 0 Å². The van der Waals surface area contributed by atoms with Gasteiger partial charge in [0.1, 0.15) is 5.82 Å². The van der Waals surface area contributed by atoms with E-state index in [1.165, 1.54) is 18.4 Å². The third-order valence-electron chi connectivity index (χ3n) is 5.62. The Morgan fingerprint density at radius 1 is 1.11 bits per heavy atom. The second kappa shape index (κ2) is 9.17. The number of aromatic nitrogens is 1. The molecule has 6 heteroatoms. The molecule has 6 nitrogen and oxygen atoms in total. The fourth-order valence-electron chi connectivity index (χ4n) is 4.01. The molecule has 1 amide bonds. The summed E-state index contributed by atoms with van der Waals surface area (Å²) >= 11 is 0. The van der Waals surface area contributed by atoms with Gasteiger partial charge in [0.25, 0.3) is 5.91 Å². The van der Waals surface area contributed by atoms with Gasteiger partial charge in [-0.15, -0.1) is 0 Å². The van der Waals surface area contributed by atoms with E-state index in [1.54, 1.807) is 6.20 Å². The molecule has 28 heavy (non-hydrogen) atoms. The van der Waals surface area contributed by atoms with E-state index in [0.29, 0.717) is 18.2 Å². The predicted octanol–water partition coefficient (Wildman–Crippen LogP) is 2.06. The smallest absolute Gasteiger partial charge is 0.252 e. The standard InChI is InChI=1S/C22H29N5O/c28-22(24-10-14-26-12-4-5-13-26)19-8-9-21(25-16-19)27-15-11-23-20(17-27)18-6-2-1-3-7-18/h1-3,6-9,16,20,23H,4-5,10-15,17H2,(H,24,28). The highest BCUT2D eigenvalue weighted by Gasteiger charge is 2.21. The highest BCUT2D eigenvalue weighted by molar-refractivity contribution is 5.94. The Kier molecular flexibility index (Phi) is 6.19. The number of nitrogens with zero attached hydrogens (tertiary/aromatic N) is 3. The second-order valence-electron chi connectivity index (χ2n) is 7.57. The molecule has 0 bridgehead atoms. The zero-order valence-electron chi connectivity index (χ0n) is 16.3. The van der Waals surface area contributed by atoms with Gasteiger partial charge in [0.2, 0.25) is 0 Å². The summed E-state index contributed by atoms with van der Waals surface area (Å²) in [6.07, 6.45) is 4.24. The first-order valence-corrected chi connectivity index (χ1v) is 10.3. The van der Waals surface area contributed by atoms with Gasteiger partial charge in [-0.2, -0.15) is 0 Å². The molecule has 0 saturated carbocycles. The van der Waals surface area contributed by atoms with Crippen LogP contribution in [0.2, 0.25) is 0 Å². The predicted molar refractivity (Wildman–Crippen MR) is 112 cm³/mol. The van der Waals surface area contributed by atoms with Crippen LogP contribution in [0.3, 0.4) is 0 Å². The lowest BCUT2D eigenvalue weighted by Gasteiger charge is -2.34. The van der Waals surface area contributed by atoms with E-state index < -0.39 is 0 Å². The molecule has 1 unspecified atom stereocenters. The van der Waals surface area contributed by atoms with Gasteiger partial charge >= 0.3 is 0 Å². The third kappa shape index (κ3) is 4.69. The van der Waals surface area contributed by atoms with E-state index in [2.05, 4.69) is 49.7 Å². The van der Waals surface area contributed by atoms with Crippen molar-refractivity contribution in [1.82, 2.24) is 20.5 Å². The number of carbonyl (C=O) groups is 1. The van der Waals surface area contributed by atoms with Crippen molar-refractivity contribution in [2.75, 3.05) is 50.7 Å². The summed E-state index contributed by atoms with van der Waals surface area (Å²) in [6, 6.07) is 14.6. The first-order valence-electron chi connectivity index (χ1n) is 10.3. The number of benzene rings is 1. The third-order valence-corrected chi connectivity index (χ3v) is 5.62. The summed E-state index contributed by atoms with van der Waals surface area (Å²) in [5.74, 6) is 0.886. The molecule has 1 aromatic heterocycles. The molecular formula is C22H29N5O. The molecule has 0 spiro atoms. The number of carbonyl (C=O) groups excluding carboxylic acids is 1. The first-order chi connectivity index (χ1) is 13.8. The van der Waals surface area contributed by atoms with Crippen LogP contribution in [0.15, 0.2) is 48.7 Å². The van der Waals surface area contributed by atoms with E-state index in [9.17, 15) is 4.79 Å². The molecule has 1 aromatic carbocycles. The van der Waals surface area contributed by atoms with Gasteiger partial charge in [-0.3, -0.25) is 4.79 Å². The van der Waals surface area contributed by atoms with Gasteiger partial charge in [0.05, 0.1) is 5.56 Å². The number of piperazine rings is 1. The van der Waals surface area contributed by atoms with Gasteiger partial charge in [0.15, 0.2) is 0 Å². The summed E-state index contributed by atoms with van der Waals surface area (Å²) in [5.41, 5.74) is 1.92. The molecule has 2 aliphatic rings. The molecule has 0 aliphatic carbocycles. The van der Waals surface area contributed by atoms with Crippen LogP contribution in [-0.2, 0) is 0 Å². The molecule has 2 N–H and O–H groups in total. The lowest BCUT2D eigenvalue weighted by atomic mass is 10.0. The molecular weight excluding hydrogens is 350 g/mol. The number of anilines is 1. The Hall–Kier alpha value is -2.44. The van der Waals surface area contributed by atoms with Crippen LogP contribution in [0.4, 0.5) is 5.82 Å². The van der Waals surface area contributed by atoms with Gasteiger partial charge in [-0.05, 0) is 43.6 Å².